The molecule has 2 saturated heterocycles. The summed E-state index contributed by atoms with van der Waals surface area (Å²) in [6, 6.07) is 14.7. The average Bonchev–Trinajstić information content (AvgIpc) is 3.03. The van der Waals surface area contributed by atoms with E-state index in [9.17, 15) is 14.7 Å². The summed E-state index contributed by atoms with van der Waals surface area (Å²) in [6.45, 7) is 5.14. The van der Waals surface area contributed by atoms with Crippen LogP contribution < -0.4 is 9.64 Å². The Labute approximate surface area is 177 Å². The Hall–Kier alpha value is -3.02. The van der Waals surface area contributed by atoms with Crippen LogP contribution in [0, 0.1) is 0 Å². The van der Waals surface area contributed by atoms with Gasteiger partial charge in [0.15, 0.2) is 0 Å². The van der Waals surface area contributed by atoms with Gasteiger partial charge in [-0.25, -0.2) is 4.79 Å². The molecule has 2 atom stereocenters. The van der Waals surface area contributed by atoms with E-state index in [4.69, 9.17) is 4.74 Å². The lowest BCUT2D eigenvalue weighted by atomic mass is 9.93. The zero-order valence-electron chi connectivity index (χ0n) is 17.7. The van der Waals surface area contributed by atoms with Crippen LogP contribution in [0.3, 0.4) is 0 Å². The molecule has 30 heavy (non-hydrogen) atoms. The van der Waals surface area contributed by atoms with E-state index in [-0.39, 0.29) is 29.1 Å². The number of methoxy groups -OCH3 is 1. The van der Waals surface area contributed by atoms with Crippen LogP contribution in [-0.2, 0) is 0 Å². The van der Waals surface area contributed by atoms with Gasteiger partial charge in [-0.15, -0.1) is 0 Å². The van der Waals surface area contributed by atoms with E-state index < -0.39 is 5.97 Å². The van der Waals surface area contributed by atoms with Gasteiger partial charge < -0.3 is 19.6 Å². The maximum absolute atomic E-state index is 13.4. The molecular formula is C24H28N2O4. The molecule has 2 aromatic rings. The van der Waals surface area contributed by atoms with Crippen molar-refractivity contribution in [3.63, 3.8) is 0 Å². The van der Waals surface area contributed by atoms with Crippen molar-refractivity contribution in [3.8, 4) is 5.75 Å². The van der Waals surface area contributed by atoms with Gasteiger partial charge in [0.1, 0.15) is 5.75 Å². The number of carbonyl (C=O) groups is 2. The van der Waals surface area contributed by atoms with Crippen LogP contribution in [-0.4, -0.2) is 53.2 Å². The first-order valence-electron chi connectivity index (χ1n) is 10.4. The van der Waals surface area contributed by atoms with Crippen molar-refractivity contribution < 1.29 is 19.4 Å². The number of aromatic carboxylic acids is 1. The third kappa shape index (κ3) is 3.51. The fraction of sp³-hybridized carbons (Fsp3) is 0.417. The molecule has 2 aromatic carbocycles. The lowest BCUT2D eigenvalue weighted by molar-refractivity contribution is 0.0605. The van der Waals surface area contributed by atoms with Gasteiger partial charge in [0.25, 0.3) is 5.91 Å². The highest BCUT2D eigenvalue weighted by atomic mass is 16.5. The predicted octanol–water partition coefficient (Wildman–Crippen LogP) is 4.06. The van der Waals surface area contributed by atoms with Crippen LogP contribution in [0.25, 0.3) is 0 Å². The highest BCUT2D eigenvalue weighted by Gasteiger charge is 2.50. The largest absolute Gasteiger partial charge is 0.497 e. The molecule has 2 fully saturated rings. The fourth-order valence-corrected chi connectivity index (χ4v) is 5.15. The molecular weight excluding hydrogens is 380 g/mol. The number of anilines is 1. The number of carbonyl (C=O) groups excluding carboxylic acids is 1. The summed E-state index contributed by atoms with van der Waals surface area (Å²) in [5.74, 6) is -0.288. The molecule has 2 heterocycles. The van der Waals surface area contributed by atoms with Gasteiger partial charge in [-0.05, 0) is 63.4 Å². The van der Waals surface area contributed by atoms with Crippen molar-refractivity contribution in [2.75, 3.05) is 18.6 Å². The molecule has 2 aliphatic heterocycles. The molecule has 2 aliphatic rings. The quantitative estimate of drug-likeness (QED) is 0.826. The van der Waals surface area contributed by atoms with Gasteiger partial charge in [0, 0.05) is 29.4 Å². The molecule has 0 bridgehead atoms. The van der Waals surface area contributed by atoms with Gasteiger partial charge >= 0.3 is 5.97 Å². The molecule has 4 rings (SSSR count). The van der Waals surface area contributed by atoms with Crippen LogP contribution in [0.2, 0.25) is 0 Å². The molecule has 0 unspecified atom stereocenters. The average molecular weight is 408 g/mol. The number of rotatable bonds is 4. The number of piperidine rings is 1. The van der Waals surface area contributed by atoms with Gasteiger partial charge in [0.2, 0.25) is 0 Å². The van der Waals surface area contributed by atoms with Crippen molar-refractivity contribution in [3.05, 3.63) is 59.7 Å². The van der Waals surface area contributed by atoms with Crippen LogP contribution in [0.1, 0.15) is 53.8 Å². The number of nitrogens with zero attached hydrogens (tertiary/aromatic N) is 2. The van der Waals surface area contributed by atoms with Gasteiger partial charge in [-0.3, -0.25) is 4.79 Å². The number of likely N-dealkylation sites (tertiary alicyclic amines) is 1. The minimum absolute atomic E-state index is 0.0842. The first-order valence-corrected chi connectivity index (χ1v) is 10.4. The van der Waals surface area contributed by atoms with Crippen LogP contribution in [0.4, 0.5) is 5.69 Å². The van der Waals surface area contributed by atoms with E-state index >= 15 is 0 Å². The van der Waals surface area contributed by atoms with E-state index in [1.807, 2.05) is 17.0 Å². The van der Waals surface area contributed by atoms with E-state index in [1.165, 1.54) is 12.1 Å². The minimum atomic E-state index is -1.02. The molecule has 0 radical (unpaired) electrons. The second-order valence-corrected chi connectivity index (χ2v) is 8.75. The fourth-order valence-electron chi connectivity index (χ4n) is 5.15. The standard InChI is InChI=1S/C24H28N2O4/c1-24(2)15-21-20(26(24)18-9-5-10-19(14-18)30-3)11-6-12-25(21)22(27)16-7-4-8-17(13-16)23(28)29/h4-5,7-10,13-14,20-21H,6,11-12,15H2,1-3H3,(H,28,29)/t20-,21-/m0/s1. The summed E-state index contributed by atoms with van der Waals surface area (Å²) in [4.78, 5) is 29.1. The highest BCUT2D eigenvalue weighted by molar-refractivity contribution is 5.97. The zero-order chi connectivity index (χ0) is 21.5. The summed E-state index contributed by atoms with van der Waals surface area (Å²) in [5, 5.41) is 9.28. The smallest absolute Gasteiger partial charge is 0.335 e. The summed E-state index contributed by atoms with van der Waals surface area (Å²) in [6.07, 6.45) is 2.80. The van der Waals surface area contributed by atoms with Crippen LogP contribution in [0.5, 0.6) is 5.75 Å². The normalized spacial score (nSPS) is 22.5. The second kappa shape index (κ2) is 7.67. The van der Waals surface area contributed by atoms with Gasteiger partial charge in [-0.2, -0.15) is 0 Å². The number of hydrogen-bond donors (Lipinski definition) is 1. The summed E-state index contributed by atoms with van der Waals surface area (Å²) >= 11 is 0. The first kappa shape index (κ1) is 20.3. The van der Waals surface area contributed by atoms with E-state index in [0.29, 0.717) is 12.1 Å². The molecule has 158 valence electrons. The number of amides is 1. The molecule has 1 amide bonds. The van der Waals surface area contributed by atoms with Crippen LogP contribution in [0.15, 0.2) is 48.5 Å². The molecule has 0 aromatic heterocycles. The monoisotopic (exact) mass is 408 g/mol. The number of benzene rings is 2. The van der Waals surface area contributed by atoms with E-state index in [2.05, 4.69) is 30.9 Å². The number of carboxylic acid groups (broad SMARTS) is 1. The third-order valence-corrected chi connectivity index (χ3v) is 6.38. The number of carboxylic acids is 1. The molecule has 6 heteroatoms. The maximum Gasteiger partial charge on any atom is 0.335 e. The van der Waals surface area contributed by atoms with Crippen molar-refractivity contribution in [1.29, 1.82) is 0 Å². The maximum atomic E-state index is 13.4. The third-order valence-electron chi connectivity index (χ3n) is 6.38. The molecule has 1 N–H and O–H groups in total. The lowest BCUT2D eigenvalue weighted by Gasteiger charge is -2.42. The van der Waals surface area contributed by atoms with Crippen molar-refractivity contribution in [1.82, 2.24) is 4.90 Å². The number of ether oxygens (including phenoxy) is 1. The van der Waals surface area contributed by atoms with Gasteiger partial charge in [0.05, 0.1) is 24.8 Å². The number of fused-ring (bicyclic) bond motifs is 1. The SMILES string of the molecule is COc1cccc(N2[C@H]3CCCN(C(=O)c4cccc(C(=O)O)c4)[C@H]3CC2(C)C)c1. The predicted molar refractivity (Wildman–Crippen MR) is 115 cm³/mol. The van der Waals surface area contributed by atoms with Gasteiger partial charge in [-0.1, -0.05) is 12.1 Å². The summed E-state index contributed by atoms with van der Waals surface area (Å²) < 4.78 is 5.43. The number of hydrogen-bond acceptors (Lipinski definition) is 4. The lowest BCUT2D eigenvalue weighted by Crippen LogP contribution is -2.52. The Balaban J connectivity index is 1.65. The first-order chi connectivity index (χ1) is 14.3. The minimum Gasteiger partial charge on any atom is -0.497 e. The van der Waals surface area contributed by atoms with Crippen molar-refractivity contribution in [2.24, 2.45) is 0 Å². The molecule has 0 aliphatic carbocycles. The molecule has 6 nitrogen and oxygen atoms in total. The Morgan fingerprint density at radius 3 is 2.53 bits per heavy atom. The Morgan fingerprint density at radius 2 is 1.80 bits per heavy atom. The van der Waals surface area contributed by atoms with E-state index in [1.54, 1.807) is 19.2 Å². The zero-order valence-corrected chi connectivity index (χ0v) is 17.7. The highest BCUT2D eigenvalue weighted by Crippen LogP contribution is 2.44. The topological polar surface area (TPSA) is 70.1 Å². The second-order valence-electron chi connectivity index (χ2n) is 8.75. The molecule has 0 spiro atoms. The summed E-state index contributed by atoms with van der Waals surface area (Å²) in [5.41, 5.74) is 1.56. The van der Waals surface area contributed by atoms with Crippen molar-refractivity contribution >= 4 is 17.6 Å². The Bertz CT molecular complexity index is 971. The summed E-state index contributed by atoms with van der Waals surface area (Å²) in [7, 11) is 1.67. The van der Waals surface area contributed by atoms with Crippen molar-refractivity contribution in [2.45, 2.75) is 50.7 Å². The Morgan fingerprint density at radius 1 is 1.07 bits per heavy atom. The molecule has 0 saturated carbocycles. The Kier molecular flexibility index (Phi) is 5.18. The van der Waals surface area contributed by atoms with Crippen LogP contribution >= 0.6 is 0 Å². The van der Waals surface area contributed by atoms with E-state index in [0.717, 1.165) is 30.7 Å².